The van der Waals surface area contributed by atoms with E-state index in [4.69, 9.17) is 16.0 Å². The molecule has 0 N–H and O–H groups in total. The molecule has 27 heavy (non-hydrogen) atoms. The van der Waals surface area contributed by atoms with E-state index in [1.807, 2.05) is 54.6 Å². The molecule has 4 aromatic carbocycles. The summed E-state index contributed by atoms with van der Waals surface area (Å²) in [6, 6.07) is 28.6. The van der Waals surface area contributed by atoms with Gasteiger partial charge in [-0.25, -0.2) is 0 Å². The van der Waals surface area contributed by atoms with Crippen molar-refractivity contribution in [3.05, 3.63) is 94.4 Å². The minimum Gasteiger partial charge on any atom is -0.456 e. The van der Waals surface area contributed by atoms with Gasteiger partial charge in [0.1, 0.15) is 11.2 Å². The zero-order chi connectivity index (χ0) is 18.4. The van der Waals surface area contributed by atoms with Gasteiger partial charge >= 0.3 is 0 Å². The average molecular weight is 434 g/mol. The fourth-order valence-corrected chi connectivity index (χ4v) is 4.47. The number of furan rings is 1. The van der Waals surface area contributed by atoms with Crippen LogP contribution < -0.4 is 0 Å². The highest BCUT2D eigenvalue weighted by atomic mass is 79.9. The van der Waals surface area contributed by atoms with Crippen LogP contribution in [0.1, 0.15) is 0 Å². The molecule has 0 aliphatic carbocycles. The van der Waals surface area contributed by atoms with Crippen molar-refractivity contribution in [3.63, 3.8) is 0 Å². The SMILES string of the molecule is Clc1ccccc1-c1ccccc1-c1cccc2oc3cccc(Br)c3c12. The summed E-state index contributed by atoms with van der Waals surface area (Å²) >= 11 is 10.2. The topological polar surface area (TPSA) is 13.1 Å². The zero-order valence-electron chi connectivity index (χ0n) is 14.2. The Morgan fingerprint density at radius 3 is 1.85 bits per heavy atom. The molecule has 0 unspecified atom stereocenters. The van der Waals surface area contributed by atoms with E-state index in [1.54, 1.807) is 0 Å². The maximum atomic E-state index is 6.51. The van der Waals surface area contributed by atoms with Gasteiger partial charge in [0.05, 0.1) is 0 Å². The van der Waals surface area contributed by atoms with E-state index < -0.39 is 0 Å². The molecule has 0 amide bonds. The van der Waals surface area contributed by atoms with Crippen molar-refractivity contribution in [1.29, 1.82) is 0 Å². The van der Waals surface area contributed by atoms with Gasteiger partial charge in [0, 0.05) is 25.8 Å². The van der Waals surface area contributed by atoms with Gasteiger partial charge in [-0.05, 0) is 41.0 Å². The van der Waals surface area contributed by atoms with Crippen LogP contribution in [-0.2, 0) is 0 Å². The van der Waals surface area contributed by atoms with Gasteiger partial charge in [0.25, 0.3) is 0 Å². The number of hydrogen-bond acceptors (Lipinski definition) is 1. The van der Waals surface area contributed by atoms with Crippen molar-refractivity contribution in [3.8, 4) is 22.3 Å². The predicted molar refractivity (Wildman–Crippen MR) is 117 cm³/mol. The molecule has 0 radical (unpaired) electrons. The van der Waals surface area contributed by atoms with Gasteiger partial charge in [-0.3, -0.25) is 0 Å². The number of rotatable bonds is 2. The summed E-state index contributed by atoms with van der Waals surface area (Å²) in [5.41, 5.74) is 6.16. The molecular weight excluding hydrogens is 420 g/mol. The first-order valence-electron chi connectivity index (χ1n) is 8.68. The minimum atomic E-state index is 0.746. The molecule has 130 valence electrons. The predicted octanol–water partition coefficient (Wildman–Crippen LogP) is 8.34. The fourth-order valence-electron chi connectivity index (χ4n) is 3.68. The highest BCUT2D eigenvalue weighted by molar-refractivity contribution is 9.10. The smallest absolute Gasteiger partial charge is 0.136 e. The quantitative estimate of drug-likeness (QED) is 0.273. The molecule has 0 saturated carbocycles. The van der Waals surface area contributed by atoms with Crippen LogP contribution in [-0.4, -0.2) is 0 Å². The molecule has 1 aromatic heterocycles. The Bertz CT molecular complexity index is 1300. The molecule has 0 spiro atoms. The average Bonchev–Trinajstić information content (AvgIpc) is 3.08. The van der Waals surface area contributed by atoms with Crippen molar-refractivity contribution in [2.24, 2.45) is 0 Å². The first kappa shape index (κ1) is 16.6. The molecule has 3 heteroatoms. The maximum Gasteiger partial charge on any atom is 0.136 e. The lowest BCUT2D eigenvalue weighted by atomic mass is 9.92. The van der Waals surface area contributed by atoms with Crippen LogP contribution in [0.3, 0.4) is 0 Å². The number of halogens is 2. The number of benzene rings is 4. The molecule has 1 nitrogen and oxygen atoms in total. The molecule has 1 heterocycles. The van der Waals surface area contributed by atoms with E-state index >= 15 is 0 Å². The van der Waals surface area contributed by atoms with E-state index in [9.17, 15) is 0 Å². The molecule has 0 saturated heterocycles. The first-order chi connectivity index (χ1) is 13.2. The standard InChI is InChI=1S/C24H14BrClO/c25-19-11-6-14-22-24(19)23-18(10-5-13-21(23)27-22)16-8-2-1-7-15(16)17-9-3-4-12-20(17)26/h1-14H. The first-order valence-corrected chi connectivity index (χ1v) is 9.85. The summed E-state index contributed by atoms with van der Waals surface area (Å²) in [5, 5.41) is 2.95. The van der Waals surface area contributed by atoms with Gasteiger partial charge in [-0.2, -0.15) is 0 Å². The molecule has 0 aliphatic heterocycles. The fraction of sp³-hybridized carbons (Fsp3) is 0. The zero-order valence-corrected chi connectivity index (χ0v) is 16.6. The lowest BCUT2D eigenvalue weighted by Gasteiger charge is -2.12. The Balaban J connectivity index is 1.89. The van der Waals surface area contributed by atoms with Crippen molar-refractivity contribution in [2.75, 3.05) is 0 Å². The third-order valence-corrected chi connectivity index (χ3v) is 5.84. The van der Waals surface area contributed by atoms with E-state index in [0.29, 0.717) is 0 Å². The van der Waals surface area contributed by atoms with Gasteiger partial charge in [0.2, 0.25) is 0 Å². The summed E-state index contributed by atoms with van der Waals surface area (Å²) in [6.07, 6.45) is 0. The van der Waals surface area contributed by atoms with Crippen LogP contribution >= 0.6 is 27.5 Å². The van der Waals surface area contributed by atoms with Crippen LogP contribution in [0, 0.1) is 0 Å². The second-order valence-corrected chi connectivity index (χ2v) is 7.68. The summed E-state index contributed by atoms with van der Waals surface area (Å²) in [4.78, 5) is 0. The summed E-state index contributed by atoms with van der Waals surface area (Å²) in [5.74, 6) is 0. The molecule has 0 aliphatic rings. The third kappa shape index (κ3) is 2.68. The Kier molecular flexibility index (Phi) is 4.04. The second-order valence-electron chi connectivity index (χ2n) is 6.42. The van der Waals surface area contributed by atoms with Crippen molar-refractivity contribution in [2.45, 2.75) is 0 Å². The van der Waals surface area contributed by atoms with Crippen LogP contribution in [0.15, 0.2) is 93.8 Å². The van der Waals surface area contributed by atoms with Crippen molar-refractivity contribution in [1.82, 2.24) is 0 Å². The van der Waals surface area contributed by atoms with Crippen LogP contribution in [0.4, 0.5) is 0 Å². The molecule has 5 aromatic rings. The van der Waals surface area contributed by atoms with Crippen molar-refractivity contribution < 1.29 is 4.42 Å². The largest absolute Gasteiger partial charge is 0.456 e. The van der Waals surface area contributed by atoms with E-state index in [-0.39, 0.29) is 0 Å². The minimum absolute atomic E-state index is 0.746. The molecule has 5 rings (SSSR count). The highest BCUT2D eigenvalue weighted by Crippen LogP contribution is 2.43. The van der Waals surface area contributed by atoms with Gasteiger partial charge < -0.3 is 4.42 Å². The Morgan fingerprint density at radius 2 is 1.11 bits per heavy atom. The van der Waals surface area contributed by atoms with E-state index in [1.165, 1.54) is 0 Å². The van der Waals surface area contributed by atoms with Gasteiger partial charge in [-0.1, -0.05) is 88.2 Å². The Labute approximate surface area is 170 Å². The highest BCUT2D eigenvalue weighted by Gasteiger charge is 2.17. The lowest BCUT2D eigenvalue weighted by Crippen LogP contribution is -1.87. The van der Waals surface area contributed by atoms with E-state index in [2.05, 4.69) is 46.3 Å². The van der Waals surface area contributed by atoms with Crippen LogP contribution in [0.5, 0.6) is 0 Å². The number of fused-ring (bicyclic) bond motifs is 3. The molecular formula is C24H14BrClO. The monoisotopic (exact) mass is 432 g/mol. The van der Waals surface area contributed by atoms with Gasteiger partial charge in [-0.15, -0.1) is 0 Å². The molecule has 0 bridgehead atoms. The Hall–Kier alpha value is -2.55. The van der Waals surface area contributed by atoms with E-state index in [0.717, 1.165) is 53.7 Å². The maximum absolute atomic E-state index is 6.51. The summed E-state index contributed by atoms with van der Waals surface area (Å²) in [7, 11) is 0. The van der Waals surface area contributed by atoms with Crippen LogP contribution in [0.25, 0.3) is 44.2 Å². The second kappa shape index (κ2) is 6.56. The number of hydrogen-bond donors (Lipinski definition) is 0. The summed E-state index contributed by atoms with van der Waals surface area (Å²) in [6.45, 7) is 0. The van der Waals surface area contributed by atoms with Gasteiger partial charge in [0.15, 0.2) is 0 Å². The van der Waals surface area contributed by atoms with Crippen LogP contribution in [0.2, 0.25) is 5.02 Å². The third-order valence-electron chi connectivity index (χ3n) is 4.85. The molecule has 0 atom stereocenters. The van der Waals surface area contributed by atoms with Crippen molar-refractivity contribution >= 4 is 49.5 Å². The normalized spacial score (nSPS) is 11.3. The molecule has 0 fully saturated rings. The lowest BCUT2D eigenvalue weighted by molar-refractivity contribution is 0.669. The summed E-state index contributed by atoms with van der Waals surface area (Å²) < 4.78 is 7.14. The Morgan fingerprint density at radius 1 is 0.556 bits per heavy atom.